The van der Waals surface area contributed by atoms with Crippen molar-refractivity contribution in [1.82, 2.24) is 4.90 Å². The molecule has 6 nitrogen and oxygen atoms in total. The summed E-state index contributed by atoms with van der Waals surface area (Å²) >= 11 is 0. The van der Waals surface area contributed by atoms with Crippen molar-refractivity contribution in [2.75, 3.05) is 31.1 Å². The van der Waals surface area contributed by atoms with Crippen molar-refractivity contribution in [3.8, 4) is 0 Å². The summed E-state index contributed by atoms with van der Waals surface area (Å²) < 4.78 is 57.0. The van der Waals surface area contributed by atoms with E-state index in [9.17, 15) is 27.7 Å². The highest BCUT2D eigenvalue weighted by Gasteiger charge is 2.32. The minimum absolute atomic E-state index is 0.131. The Morgan fingerprint density at radius 3 is 2.35 bits per heavy atom. The molecule has 3 rings (SSSR count). The lowest BCUT2D eigenvalue weighted by molar-refractivity contribution is -0.402. The van der Waals surface area contributed by atoms with Gasteiger partial charge in [0.05, 0.1) is 23.9 Å². The van der Waals surface area contributed by atoms with Crippen LogP contribution >= 0.6 is 0 Å². The van der Waals surface area contributed by atoms with E-state index in [1.165, 1.54) is 12.1 Å². The van der Waals surface area contributed by atoms with E-state index in [2.05, 4.69) is 0 Å². The third kappa shape index (κ3) is 3.96. The zero-order valence-electron chi connectivity index (χ0n) is 13.5. The van der Waals surface area contributed by atoms with Crippen molar-refractivity contribution in [3.63, 3.8) is 0 Å². The summed E-state index contributed by atoms with van der Waals surface area (Å²) in [5.74, 6) is -0.786. The van der Waals surface area contributed by atoms with E-state index in [-0.39, 0.29) is 11.6 Å². The van der Waals surface area contributed by atoms with Crippen molar-refractivity contribution in [2.24, 2.45) is 0 Å². The Labute approximate surface area is 145 Å². The average molecular weight is 373 g/mol. The third-order valence-corrected chi connectivity index (χ3v) is 4.19. The molecule has 2 aromatic rings. The van der Waals surface area contributed by atoms with Crippen LogP contribution in [0.15, 0.2) is 34.7 Å². The van der Waals surface area contributed by atoms with Crippen LogP contribution in [0.3, 0.4) is 0 Å². The van der Waals surface area contributed by atoms with Gasteiger partial charge in [-0.15, -0.1) is 0 Å². The van der Waals surface area contributed by atoms with Gasteiger partial charge >= 0.3 is 12.1 Å². The predicted octanol–water partition coefficient (Wildman–Crippen LogP) is 3.67. The van der Waals surface area contributed by atoms with Crippen molar-refractivity contribution < 1.29 is 26.9 Å². The minimum Gasteiger partial charge on any atom is -0.404 e. The fourth-order valence-corrected chi connectivity index (χ4v) is 2.86. The molecule has 0 N–H and O–H groups in total. The average Bonchev–Trinajstić information content (AvgIpc) is 3.04. The Kier molecular flexibility index (Phi) is 4.86. The van der Waals surface area contributed by atoms with Crippen LogP contribution < -0.4 is 4.90 Å². The van der Waals surface area contributed by atoms with Gasteiger partial charge in [-0.3, -0.25) is 15.0 Å². The molecule has 1 aliphatic heterocycles. The molecule has 26 heavy (non-hydrogen) atoms. The molecule has 0 radical (unpaired) electrons. The van der Waals surface area contributed by atoms with Gasteiger partial charge in [0.2, 0.25) is 0 Å². The second-order valence-corrected chi connectivity index (χ2v) is 5.92. The van der Waals surface area contributed by atoms with Crippen LogP contribution in [0, 0.1) is 15.9 Å². The number of alkyl halides is 3. The van der Waals surface area contributed by atoms with Crippen LogP contribution in [0.25, 0.3) is 0 Å². The Morgan fingerprint density at radius 2 is 1.81 bits per heavy atom. The summed E-state index contributed by atoms with van der Waals surface area (Å²) in [5.41, 5.74) is -0.886. The summed E-state index contributed by atoms with van der Waals surface area (Å²) in [7, 11) is 0. The van der Waals surface area contributed by atoms with Crippen molar-refractivity contribution in [3.05, 3.63) is 57.6 Å². The number of benzene rings is 1. The van der Waals surface area contributed by atoms with Crippen LogP contribution in [-0.4, -0.2) is 36.0 Å². The Hall–Kier alpha value is -2.62. The first-order valence-electron chi connectivity index (χ1n) is 7.81. The van der Waals surface area contributed by atoms with Gasteiger partial charge < -0.3 is 9.32 Å². The molecule has 0 atom stereocenters. The summed E-state index contributed by atoms with van der Waals surface area (Å²) in [4.78, 5) is 13.6. The summed E-state index contributed by atoms with van der Waals surface area (Å²) in [6, 6.07) is 5.32. The first kappa shape index (κ1) is 18.2. The van der Waals surface area contributed by atoms with Crippen molar-refractivity contribution in [2.45, 2.75) is 12.7 Å². The largest absolute Gasteiger partial charge is 0.433 e. The molecular formula is C16H15F4N3O3. The molecule has 10 heteroatoms. The lowest BCUT2D eigenvalue weighted by atomic mass is 10.1. The maximum Gasteiger partial charge on any atom is 0.433 e. The summed E-state index contributed by atoms with van der Waals surface area (Å²) in [6.45, 7) is 2.26. The van der Waals surface area contributed by atoms with Gasteiger partial charge in [-0.05, 0) is 24.3 Å². The standard InChI is InChI=1S/C16H15F4N3O3/c17-13-9-11(16(18,19)20)1-3-14(13)22-7-5-21(6-8-22)10-12-2-4-15(26-12)23(24)25/h1-4,9H,5-8,10H2. The number of hydrogen-bond donors (Lipinski definition) is 0. The maximum absolute atomic E-state index is 14.1. The van der Waals surface area contributed by atoms with E-state index < -0.39 is 22.5 Å². The van der Waals surface area contributed by atoms with Crippen LogP contribution in [0.5, 0.6) is 0 Å². The molecule has 0 amide bonds. The van der Waals surface area contributed by atoms with Gasteiger partial charge in [-0.2, -0.15) is 13.2 Å². The maximum atomic E-state index is 14.1. The number of nitro groups is 1. The molecule has 1 saturated heterocycles. The fourth-order valence-electron chi connectivity index (χ4n) is 2.86. The van der Waals surface area contributed by atoms with Crippen LogP contribution in [0.4, 0.5) is 29.1 Å². The van der Waals surface area contributed by atoms with Gasteiger partial charge in [-0.1, -0.05) is 0 Å². The lowest BCUT2D eigenvalue weighted by Crippen LogP contribution is -2.46. The molecule has 0 unspecified atom stereocenters. The molecule has 0 bridgehead atoms. The fraction of sp³-hybridized carbons (Fsp3) is 0.375. The molecule has 0 saturated carbocycles. The Balaban J connectivity index is 1.60. The van der Waals surface area contributed by atoms with E-state index >= 15 is 0 Å². The molecule has 1 aromatic carbocycles. The highest BCUT2D eigenvalue weighted by Crippen LogP contribution is 2.32. The molecule has 0 spiro atoms. The number of nitrogens with zero attached hydrogens (tertiary/aromatic N) is 3. The summed E-state index contributed by atoms with van der Waals surface area (Å²) in [6.07, 6.45) is -4.58. The normalized spacial score (nSPS) is 16.1. The van der Waals surface area contributed by atoms with Crippen molar-refractivity contribution >= 4 is 11.6 Å². The second kappa shape index (κ2) is 6.94. The number of hydrogen-bond acceptors (Lipinski definition) is 5. The highest BCUT2D eigenvalue weighted by atomic mass is 19.4. The van der Waals surface area contributed by atoms with E-state index in [1.807, 2.05) is 4.90 Å². The predicted molar refractivity (Wildman–Crippen MR) is 84.3 cm³/mol. The third-order valence-electron chi connectivity index (χ3n) is 4.19. The Bertz CT molecular complexity index is 798. The molecular weight excluding hydrogens is 358 g/mol. The van der Waals surface area contributed by atoms with Gasteiger partial charge in [0.15, 0.2) is 0 Å². The second-order valence-electron chi connectivity index (χ2n) is 5.92. The van der Waals surface area contributed by atoms with Gasteiger partial charge in [0.25, 0.3) is 0 Å². The Morgan fingerprint density at radius 1 is 1.12 bits per heavy atom. The first-order chi connectivity index (χ1) is 12.2. The molecule has 2 heterocycles. The van der Waals surface area contributed by atoms with Crippen LogP contribution in [0.1, 0.15) is 11.3 Å². The molecule has 1 fully saturated rings. The van der Waals surface area contributed by atoms with E-state index in [0.29, 0.717) is 44.6 Å². The smallest absolute Gasteiger partial charge is 0.404 e. The highest BCUT2D eigenvalue weighted by molar-refractivity contribution is 5.50. The number of halogens is 4. The zero-order valence-corrected chi connectivity index (χ0v) is 13.5. The monoisotopic (exact) mass is 373 g/mol. The van der Waals surface area contributed by atoms with E-state index in [1.54, 1.807) is 4.90 Å². The number of piperazine rings is 1. The number of rotatable bonds is 4. The molecule has 1 aromatic heterocycles. The van der Waals surface area contributed by atoms with Gasteiger partial charge in [0, 0.05) is 26.2 Å². The van der Waals surface area contributed by atoms with E-state index in [0.717, 1.165) is 12.1 Å². The minimum atomic E-state index is -4.58. The molecule has 1 aliphatic rings. The lowest BCUT2D eigenvalue weighted by Gasteiger charge is -2.35. The zero-order chi connectivity index (χ0) is 18.9. The summed E-state index contributed by atoms with van der Waals surface area (Å²) in [5, 5.41) is 10.6. The van der Waals surface area contributed by atoms with Crippen molar-refractivity contribution in [1.29, 1.82) is 0 Å². The van der Waals surface area contributed by atoms with Crippen LogP contribution in [-0.2, 0) is 12.7 Å². The molecule has 0 aliphatic carbocycles. The van der Waals surface area contributed by atoms with Gasteiger partial charge in [0.1, 0.15) is 16.5 Å². The van der Waals surface area contributed by atoms with Crippen LogP contribution in [0.2, 0.25) is 0 Å². The SMILES string of the molecule is O=[N+]([O-])c1ccc(CN2CCN(c3ccc(C(F)(F)F)cc3F)CC2)o1. The van der Waals surface area contributed by atoms with E-state index in [4.69, 9.17) is 4.42 Å². The van der Waals surface area contributed by atoms with Gasteiger partial charge in [-0.25, -0.2) is 4.39 Å². The topological polar surface area (TPSA) is 62.8 Å². The number of anilines is 1. The molecule has 140 valence electrons. The first-order valence-corrected chi connectivity index (χ1v) is 7.81. The quantitative estimate of drug-likeness (QED) is 0.465. The number of furan rings is 1.